The molecule has 0 aromatic heterocycles. The summed E-state index contributed by atoms with van der Waals surface area (Å²) < 4.78 is 27.2. The fourth-order valence-electron chi connectivity index (χ4n) is 2.67. The third kappa shape index (κ3) is 6.40. The normalized spacial score (nSPS) is 13.3. The van der Waals surface area contributed by atoms with E-state index in [0.717, 1.165) is 5.56 Å². The van der Waals surface area contributed by atoms with Crippen LogP contribution in [0.1, 0.15) is 62.5 Å². The first-order valence-electron chi connectivity index (χ1n) is 9.99. The Bertz CT molecular complexity index is 970. The average molecular weight is 432 g/mol. The molecule has 2 atom stereocenters. The van der Waals surface area contributed by atoms with E-state index in [1.807, 2.05) is 26.0 Å². The van der Waals surface area contributed by atoms with Gasteiger partial charge in [-0.2, -0.15) is 0 Å². The number of nitrogens with one attached hydrogen (secondary N) is 3. The van der Waals surface area contributed by atoms with Gasteiger partial charge in [0.25, 0.3) is 5.91 Å². The Morgan fingerprint density at radius 2 is 1.53 bits per heavy atom. The van der Waals surface area contributed by atoms with Crippen LogP contribution in [-0.2, 0) is 14.8 Å². The molecule has 3 N–H and O–H groups in total. The molecule has 2 aromatic carbocycles. The number of benzene rings is 2. The molecule has 8 heteroatoms. The number of hydrogen-bond acceptors (Lipinski definition) is 4. The van der Waals surface area contributed by atoms with Gasteiger partial charge in [-0.15, -0.1) is 0 Å². The largest absolute Gasteiger partial charge is 0.346 e. The molecule has 0 heterocycles. The summed E-state index contributed by atoms with van der Waals surface area (Å²) in [6.07, 6.45) is 1.09. The third-order valence-corrected chi connectivity index (χ3v) is 6.36. The van der Waals surface area contributed by atoms with Crippen LogP contribution in [0.5, 0.6) is 0 Å². The Balaban J connectivity index is 2.02. The molecule has 0 aliphatic heterocycles. The monoisotopic (exact) mass is 431 g/mol. The van der Waals surface area contributed by atoms with E-state index in [4.69, 9.17) is 0 Å². The minimum atomic E-state index is -3.61. The lowest BCUT2D eigenvalue weighted by Crippen LogP contribution is -2.32. The van der Waals surface area contributed by atoms with E-state index in [0.29, 0.717) is 24.1 Å². The van der Waals surface area contributed by atoms with Crippen LogP contribution in [-0.4, -0.2) is 26.3 Å². The fraction of sp³-hybridized carbons (Fsp3) is 0.364. The third-order valence-electron chi connectivity index (χ3n) is 4.76. The maximum Gasteiger partial charge on any atom is 0.251 e. The van der Waals surface area contributed by atoms with Crippen LogP contribution in [0.25, 0.3) is 0 Å². The second-order valence-electron chi connectivity index (χ2n) is 7.17. The van der Waals surface area contributed by atoms with Crippen LogP contribution >= 0.6 is 0 Å². The lowest BCUT2D eigenvalue weighted by Gasteiger charge is -2.16. The van der Waals surface area contributed by atoms with Crippen molar-refractivity contribution in [3.05, 3.63) is 59.7 Å². The second-order valence-corrected chi connectivity index (χ2v) is 8.89. The smallest absolute Gasteiger partial charge is 0.251 e. The van der Waals surface area contributed by atoms with E-state index in [1.54, 1.807) is 26.0 Å². The maximum absolute atomic E-state index is 12.5. The van der Waals surface area contributed by atoms with E-state index < -0.39 is 10.0 Å². The second kappa shape index (κ2) is 10.4. The van der Waals surface area contributed by atoms with Crippen LogP contribution < -0.4 is 15.4 Å². The molecule has 0 aliphatic carbocycles. The Kier molecular flexibility index (Phi) is 8.14. The molecule has 2 aromatic rings. The standard InChI is InChI=1S/C22H29N3O4S/c1-5-15(3)25-30(28,29)20-13-9-18(10-14-20)22(27)23-16(4)17-7-11-19(12-8-17)24-21(26)6-2/h7-16,25H,5-6H2,1-4H3,(H,23,27)(H,24,26). The van der Waals surface area contributed by atoms with Crippen molar-refractivity contribution in [2.45, 2.75) is 57.5 Å². The van der Waals surface area contributed by atoms with Gasteiger partial charge in [0.1, 0.15) is 0 Å². The van der Waals surface area contributed by atoms with Crippen molar-refractivity contribution in [1.82, 2.24) is 10.0 Å². The molecule has 0 spiro atoms. The molecule has 2 amide bonds. The van der Waals surface area contributed by atoms with Gasteiger partial charge in [-0.25, -0.2) is 13.1 Å². The number of anilines is 1. The van der Waals surface area contributed by atoms with Crippen LogP contribution in [0, 0.1) is 0 Å². The predicted molar refractivity (Wildman–Crippen MR) is 118 cm³/mol. The number of sulfonamides is 1. The molecule has 7 nitrogen and oxygen atoms in total. The summed E-state index contributed by atoms with van der Waals surface area (Å²) in [6, 6.07) is 12.7. The quantitative estimate of drug-likeness (QED) is 0.564. The molecular formula is C22H29N3O4S. The van der Waals surface area contributed by atoms with Crippen molar-refractivity contribution in [3.8, 4) is 0 Å². The van der Waals surface area contributed by atoms with Gasteiger partial charge >= 0.3 is 0 Å². The highest BCUT2D eigenvalue weighted by atomic mass is 32.2. The van der Waals surface area contributed by atoms with Crippen molar-refractivity contribution in [3.63, 3.8) is 0 Å². The Hall–Kier alpha value is -2.71. The molecular weight excluding hydrogens is 402 g/mol. The highest BCUT2D eigenvalue weighted by Gasteiger charge is 2.18. The molecule has 0 aliphatic rings. The molecule has 0 saturated heterocycles. The summed E-state index contributed by atoms with van der Waals surface area (Å²) >= 11 is 0. The van der Waals surface area contributed by atoms with Crippen molar-refractivity contribution in [1.29, 1.82) is 0 Å². The first kappa shape index (κ1) is 23.6. The molecule has 0 radical (unpaired) electrons. The van der Waals surface area contributed by atoms with Gasteiger partial charge in [0.15, 0.2) is 0 Å². The van der Waals surface area contributed by atoms with Crippen LogP contribution in [0.15, 0.2) is 53.4 Å². The van der Waals surface area contributed by atoms with Crippen LogP contribution in [0.3, 0.4) is 0 Å². The van der Waals surface area contributed by atoms with Gasteiger partial charge in [0, 0.05) is 23.7 Å². The van der Waals surface area contributed by atoms with Gasteiger partial charge < -0.3 is 10.6 Å². The van der Waals surface area contributed by atoms with Gasteiger partial charge in [0.05, 0.1) is 10.9 Å². The van der Waals surface area contributed by atoms with E-state index in [1.165, 1.54) is 24.3 Å². The molecule has 2 rings (SSSR count). The summed E-state index contributed by atoms with van der Waals surface area (Å²) in [4.78, 5) is 24.1. The highest BCUT2D eigenvalue weighted by molar-refractivity contribution is 7.89. The molecule has 30 heavy (non-hydrogen) atoms. The SMILES string of the molecule is CCC(=O)Nc1ccc(C(C)NC(=O)c2ccc(S(=O)(=O)NC(C)CC)cc2)cc1. The van der Waals surface area contributed by atoms with Crippen molar-refractivity contribution >= 4 is 27.5 Å². The van der Waals surface area contributed by atoms with Crippen LogP contribution in [0.2, 0.25) is 0 Å². The molecule has 0 saturated carbocycles. The predicted octanol–water partition coefficient (Wildman–Crippen LogP) is 3.60. The van der Waals surface area contributed by atoms with E-state index in [2.05, 4.69) is 15.4 Å². The summed E-state index contributed by atoms with van der Waals surface area (Å²) in [7, 11) is -3.61. The first-order chi connectivity index (χ1) is 14.2. The Morgan fingerprint density at radius 3 is 2.07 bits per heavy atom. The van der Waals surface area contributed by atoms with Crippen molar-refractivity contribution in [2.75, 3.05) is 5.32 Å². The van der Waals surface area contributed by atoms with Gasteiger partial charge in [-0.1, -0.05) is 26.0 Å². The summed E-state index contributed by atoms with van der Waals surface area (Å²) in [5.74, 6) is -0.362. The summed E-state index contributed by atoms with van der Waals surface area (Å²) in [6.45, 7) is 7.33. The van der Waals surface area contributed by atoms with Gasteiger partial charge in [0.2, 0.25) is 15.9 Å². The minimum absolute atomic E-state index is 0.0612. The number of amides is 2. The zero-order valence-electron chi connectivity index (χ0n) is 17.7. The lowest BCUT2D eigenvalue weighted by atomic mass is 10.1. The van der Waals surface area contributed by atoms with E-state index in [9.17, 15) is 18.0 Å². The Morgan fingerprint density at radius 1 is 0.933 bits per heavy atom. The number of hydrogen-bond donors (Lipinski definition) is 3. The topological polar surface area (TPSA) is 104 Å². The Labute approximate surface area is 178 Å². The maximum atomic E-state index is 12.5. The van der Waals surface area contributed by atoms with Gasteiger partial charge in [-0.3, -0.25) is 9.59 Å². The van der Waals surface area contributed by atoms with Crippen molar-refractivity contribution < 1.29 is 18.0 Å². The van der Waals surface area contributed by atoms with E-state index >= 15 is 0 Å². The molecule has 0 bridgehead atoms. The highest BCUT2D eigenvalue weighted by Crippen LogP contribution is 2.18. The number of carbonyl (C=O) groups excluding carboxylic acids is 2. The number of rotatable bonds is 9. The van der Waals surface area contributed by atoms with E-state index in [-0.39, 0.29) is 28.8 Å². The first-order valence-corrected chi connectivity index (χ1v) is 11.5. The summed E-state index contributed by atoms with van der Waals surface area (Å²) in [5.41, 5.74) is 1.96. The molecule has 162 valence electrons. The summed E-state index contributed by atoms with van der Waals surface area (Å²) in [5, 5.41) is 5.67. The van der Waals surface area contributed by atoms with Crippen LogP contribution in [0.4, 0.5) is 5.69 Å². The number of carbonyl (C=O) groups is 2. The van der Waals surface area contributed by atoms with Crippen molar-refractivity contribution in [2.24, 2.45) is 0 Å². The fourth-order valence-corrected chi connectivity index (χ4v) is 4.00. The zero-order valence-corrected chi connectivity index (χ0v) is 18.5. The zero-order chi connectivity index (χ0) is 22.3. The minimum Gasteiger partial charge on any atom is -0.346 e. The van der Waals surface area contributed by atoms with Gasteiger partial charge in [-0.05, 0) is 62.2 Å². The lowest BCUT2D eigenvalue weighted by molar-refractivity contribution is -0.115. The average Bonchev–Trinajstić information content (AvgIpc) is 2.73. The molecule has 2 unspecified atom stereocenters. The molecule has 0 fully saturated rings.